The van der Waals surface area contributed by atoms with Gasteiger partial charge in [0, 0.05) is 19.5 Å². The Labute approximate surface area is 155 Å². The van der Waals surface area contributed by atoms with Crippen molar-refractivity contribution in [2.75, 3.05) is 33.4 Å². The lowest BCUT2D eigenvalue weighted by atomic mass is 10.1. The maximum atomic E-state index is 11.4. The zero-order chi connectivity index (χ0) is 18.2. The molecule has 26 heavy (non-hydrogen) atoms. The van der Waals surface area contributed by atoms with Crippen molar-refractivity contribution in [3.05, 3.63) is 65.7 Å². The number of carbonyl (C=O) groups excluding carboxylic acids is 1. The second-order valence-electron chi connectivity index (χ2n) is 6.89. The molecule has 0 saturated carbocycles. The Balaban J connectivity index is 1.38. The van der Waals surface area contributed by atoms with Crippen molar-refractivity contribution in [2.45, 2.75) is 19.3 Å². The monoisotopic (exact) mass is 353 g/mol. The van der Waals surface area contributed by atoms with Crippen LogP contribution in [0.5, 0.6) is 5.75 Å². The number of likely N-dealkylation sites (tertiary alicyclic amines) is 1. The fourth-order valence-electron chi connectivity index (χ4n) is 3.43. The number of hydrogen-bond donors (Lipinski definition) is 0. The average molecular weight is 353 g/mol. The Kier molecular flexibility index (Phi) is 6.67. The van der Waals surface area contributed by atoms with Crippen molar-refractivity contribution in [1.29, 1.82) is 0 Å². The molecule has 1 fully saturated rings. The summed E-state index contributed by atoms with van der Waals surface area (Å²) in [5.41, 5.74) is 2.60. The van der Waals surface area contributed by atoms with Crippen LogP contribution in [0.15, 0.2) is 54.6 Å². The van der Waals surface area contributed by atoms with Gasteiger partial charge in [0.1, 0.15) is 12.4 Å². The number of methoxy groups -OCH3 is 1. The molecule has 2 aromatic carbocycles. The lowest BCUT2D eigenvalue weighted by Gasteiger charge is -2.16. The smallest absolute Gasteiger partial charge is 0.305 e. The van der Waals surface area contributed by atoms with E-state index in [1.54, 1.807) is 0 Å². The highest BCUT2D eigenvalue weighted by atomic mass is 16.5. The average Bonchev–Trinajstić information content (AvgIpc) is 3.11. The number of nitrogens with zero attached hydrogens (tertiary/aromatic N) is 1. The van der Waals surface area contributed by atoms with E-state index in [4.69, 9.17) is 9.47 Å². The summed E-state index contributed by atoms with van der Waals surface area (Å²) < 4.78 is 10.6. The third-order valence-corrected chi connectivity index (χ3v) is 4.90. The number of esters is 1. The molecule has 1 unspecified atom stereocenters. The van der Waals surface area contributed by atoms with Gasteiger partial charge in [0.25, 0.3) is 0 Å². The highest BCUT2D eigenvalue weighted by molar-refractivity contribution is 5.69. The largest absolute Gasteiger partial charge is 0.492 e. The lowest BCUT2D eigenvalue weighted by molar-refractivity contribution is -0.141. The molecular weight excluding hydrogens is 326 g/mol. The standard InChI is InChI=1S/C22H27NO3/c1-25-22(24)16-20-11-12-23(17-20)13-14-26-21-9-7-19(8-10-21)15-18-5-3-2-4-6-18/h2-10,20H,11-17H2,1H3. The van der Waals surface area contributed by atoms with Gasteiger partial charge in [0.15, 0.2) is 0 Å². The fraction of sp³-hybridized carbons (Fsp3) is 0.409. The Bertz CT molecular complexity index is 684. The molecule has 1 aliphatic heterocycles. The molecule has 0 amide bonds. The number of hydrogen-bond acceptors (Lipinski definition) is 4. The van der Waals surface area contributed by atoms with Crippen LogP contribution in [-0.2, 0) is 16.0 Å². The fourth-order valence-corrected chi connectivity index (χ4v) is 3.43. The number of ether oxygens (including phenoxy) is 2. The van der Waals surface area contributed by atoms with Crippen LogP contribution in [0, 0.1) is 5.92 Å². The zero-order valence-corrected chi connectivity index (χ0v) is 15.4. The first-order valence-electron chi connectivity index (χ1n) is 9.28. The van der Waals surface area contributed by atoms with Crippen LogP contribution < -0.4 is 4.74 Å². The number of benzene rings is 2. The van der Waals surface area contributed by atoms with Crippen molar-refractivity contribution in [3.8, 4) is 5.75 Å². The highest BCUT2D eigenvalue weighted by Crippen LogP contribution is 2.20. The Morgan fingerprint density at radius 1 is 1.08 bits per heavy atom. The van der Waals surface area contributed by atoms with Gasteiger partial charge in [-0.2, -0.15) is 0 Å². The predicted molar refractivity (Wildman–Crippen MR) is 102 cm³/mol. The summed E-state index contributed by atoms with van der Waals surface area (Å²) in [6, 6.07) is 18.8. The van der Waals surface area contributed by atoms with E-state index in [0.29, 0.717) is 18.9 Å². The van der Waals surface area contributed by atoms with Crippen molar-refractivity contribution >= 4 is 5.97 Å². The highest BCUT2D eigenvalue weighted by Gasteiger charge is 2.24. The van der Waals surface area contributed by atoms with Crippen LogP contribution in [0.25, 0.3) is 0 Å². The summed E-state index contributed by atoms with van der Waals surface area (Å²) in [6.45, 7) is 3.54. The van der Waals surface area contributed by atoms with Gasteiger partial charge in [0.05, 0.1) is 7.11 Å². The van der Waals surface area contributed by atoms with E-state index in [1.165, 1.54) is 18.2 Å². The Morgan fingerprint density at radius 3 is 2.54 bits per heavy atom. The molecule has 1 heterocycles. The molecule has 0 N–H and O–H groups in total. The second-order valence-corrected chi connectivity index (χ2v) is 6.89. The molecular formula is C22H27NO3. The summed E-state index contributed by atoms with van der Waals surface area (Å²) in [5.74, 6) is 1.22. The normalized spacial score (nSPS) is 17.2. The Morgan fingerprint density at radius 2 is 1.81 bits per heavy atom. The van der Waals surface area contributed by atoms with Crippen LogP contribution in [0.1, 0.15) is 24.0 Å². The van der Waals surface area contributed by atoms with Crippen molar-refractivity contribution < 1.29 is 14.3 Å². The maximum absolute atomic E-state index is 11.4. The first kappa shape index (κ1) is 18.5. The number of carbonyl (C=O) groups is 1. The van der Waals surface area contributed by atoms with Gasteiger partial charge in [-0.15, -0.1) is 0 Å². The molecule has 1 aliphatic rings. The van der Waals surface area contributed by atoms with Crippen molar-refractivity contribution in [3.63, 3.8) is 0 Å². The topological polar surface area (TPSA) is 38.8 Å². The second kappa shape index (κ2) is 9.39. The summed E-state index contributed by atoms with van der Waals surface area (Å²) in [5, 5.41) is 0. The quantitative estimate of drug-likeness (QED) is 0.681. The van der Waals surface area contributed by atoms with E-state index < -0.39 is 0 Å². The Hall–Kier alpha value is -2.33. The number of rotatable bonds is 8. The molecule has 0 radical (unpaired) electrons. The third kappa shape index (κ3) is 5.60. The molecule has 1 atom stereocenters. The minimum atomic E-state index is -0.108. The molecule has 4 heteroatoms. The minimum absolute atomic E-state index is 0.108. The van der Waals surface area contributed by atoms with E-state index >= 15 is 0 Å². The van der Waals surface area contributed by atoms with Gasteiger partial charge in [-0.3, -0.25) is 9.69 Å². The van der Waals surface area contributed by atoms with Crippen molar-refractivity contribution in [1.82, 2.24) is 4.90 Å². The van der Waals surface area contributed by atoms with Gasteiger partial charge >= 0.3 is 5.97 Å². The van der Waals surface area contributed by atoms with Crippen LogP contribution >= 0.6 is 0 Å². The summed E-state index contributed by atoms with van der Waals surface area (Å²) in [4.78, 5) is 13.7. The van der Waals surface area contributed by atoms with Gasteiger partial charge in [0.2, 0.25) is 0 Å². The van der Waals surface area contributed by atoms with Crippen molar-refractivity contribution in [2.24, 2.45) is 5.92 Å². The van der Waals surface area contributed by atoms with Gasteiger partial charge < -0.3 is 9.47 Å². The van der Waals surface area contributed by atoms with Crippen LogP contribution in [0.4, 0.5) is 0 Å². The zero-order valence-electron chi connectivity index (χ0n) is 15.4. The van der Waals surface area contributed by atoms with Crippen LogP contribution in [0.3, 0.4) is 0 Å². The predicted octanol–water partition coefficient (Wildman–Crippen LogP) is 3.54. The van der Waals surface area contributed by atoms with E-state index in [0.717, 1.165) is 38.2 Å². The summed E-state index contributed by atoms with van der Waals surface area (Å²) in [7, 11) is 1.45. The van der Waals surface area contributed by atoms with Crippen LogP contribution in [0.2, 0.25) is 0 Å². The molecule has 2 aromatic rings. The first-order valence-corrected chi connectivity index (χ1v) is 9.28. The maximum Gasteiger partial charge on any atom is 0.305 e. The molecule has 138 valence electrons. The molecule has 0 bridgehead atoms. The molecule has 1 saturated heterocycles. The molecule has 0 spiro atoms. The third-order valence-electron chi connectivity index (χ3n) is 4.90. The summed E-state index contributed by atoms with van der Waals surface area (Å²) >= 11 is 0. The first-order chi connectivity index (χ1) is 12.7. The van der Waals surface area contributed by atoms with E-state index in [-0.39, 0.29) is 5.97 Å². The SMILES string of the molecule is COC(=O)CC1CCN(CCOc2ccc(Cc3ccccc3)cc2)C1. The summed E-state index contributed by atoms with van der Waals surface area (Å²) in [6.07, 6.45) is 2.52. The lowest BCUT2D eigenvalue weighted by Crippen LogP contribution is -2.26. The molecule has 4 nitrogen and oxygen atoms in total. The van der Waals surface area contributed by atoms with Crippen LogP contribution in [-0.4, -0.2) is 44.2 Å². The van der Waals surface area contributed by atoms with Gasteiger partial charge in [-0.05, 0) is 48.6 Å². The molecule has 0 aromatic heterocycles. The molecule has 0 aliphatic carbocycles. The van der Waals surface area contributed by atoms with Gasteiger partial charge in [-0.1, -0.05) is 42.5 Å². The van der Waals surface area contributed by atoms with E-state index in [2.05, 4.69) is 41.3 Å². The van der Waals surface area contributed by atoms with E-state index in [1.807, 2.05) is 18.2 Å². The van der Waals surface area contributed by atoms with E-state index in [9.17, 15) is 4.79 Å². The minimum Gasteiger partial charge on any atom is -0.492 e. The molecule has 3 rings (SSSR count). The van der Waals surface area contributed by atoms with Gasteiger partial charge in [-0.25, -0.2) is 0 Å².